The molecule has 1 heterocycles. The van der Waals surface area contributed by atoms with Crippen LogP contribution in [0.1, 0.15) is 5.56 Å². The summed E-state index contributed by atoms with van der Waals surface area (Å²) in [5, 5.41) is 4.14. The Kier molecular flexibility index (Phi) is 5.84. The molecular weight excluding hydrogens is 270 g/mol. The molecular formula is C16H20ClN3. The summed E-state index contributed by atoms with van der Waals surface area (Å²) in [5.74, 6) is 0. The van der Waals surface area contributed by atoms with Gasteiger partial charge < -0.3 is 10.2 Å². The molecule has 0 fully saturated rings. The second-order valence-corrected chi connectivity index (χ2v) is 5.28. The molecule has 0 saturated heterocycles. The van der Waals surface area contributed by atoms with E-state index in [1.807, 2.05) is 36.7 Å². The van der Waals surface area contributed by atoms with Crippen molar-refractivity contribution >= 4 is 17.3 Å². The zero-order chi connectivity index (χ0) is 14.2. The summed E-state index contributed by atoms with van der Waals surface area (Å²) >= 11 is 5.95. The molecule has 0 spiro atoms. The van der Waals surface area contributed by atoms with E-state index >= 15 is 0 Å². The molecule has 3 nitrogen and oxygen atoms in total. The van der Waals surface area contributed by atoms with Crippen molar-refractivity contribution in [2.24, 2.45) is 0 Å². The van der Waals surface area contributed by atoms with E-state index in [0.717, 1.165) is 36.8 Å². The summed E-state index contributed by atoms with van der Waals surface area (Å²) in [7, 11) is 2.14. The SMILES string of the molecule is CN(CCNc1cccc(Cl)c1)CCc1ccncc1. The third-order valence-electron chi connectivity index (χ3n) is 3.18. The topological polar surface area (TPSA) is 28.2 Å². The lowest BCUT2D eigenvalue weighted by atomic mass is 10.2. The van der Waals surface area contributed by atoms with Crippen molar-refractivity contribution in [2.75, 3.05) is 32.0 Å². The normalized spacial score (nSPS) is 10.8. The first-order valence-electron chi connectivity index (χ1n) is 6.81. The number of benzene rings is 1. The highest BCUT2D eigenvalue weighted by molar-refractivity contribution is 6.30. The molecule has 1 aromatic heterocycles. The van der Waals surface area contributed by atoms with Crippen LogP contribution in [-0.2, 0) is 6.42 Å². The number of halogens is 1. The van der Waals surface area contributed by atoms with E-state index in [-0.39, 0.29) is 0 Å². The summed E-state index contributed by atoms with van der Waals surface area (Å²) in [4.78, 5) is 6.35. The average Bonchev–Trinajstić information content (AvgIpc) is 2.46. The van der Waals surface area contributed by atoms with Gasteiger partial charge in [-0.3, -0.25) is 4.98 Å². The molecule has 0 unspecified atom stereocenters. The number of nitrogens with zero attached hydrogens (tertiary/aromatic N) is 2. The van der Waals surface area contributed by atoms with Gasteiger partial charge in [0.15, 0.2) is 0 Å². The Morgan fingerprint density at radius 2 is 1.95 bits per heavy atom. The lowest BCUT2D eigenvalue weighted by Gasteiger charge is -2.17. The van der Waals surface area contributed by atoms with Gasteiger partial charge in [-0.25, -0.2) is 0 Å². The monoisotopic (exact) mass is 289 g/mol. The molecule has 2 rings (SSSR count). The Morgan fingerprint density at radius 3 is 2.70 bits per heavy atom. The van der Waals surface area contributed by atoms with Gasteiger partial charge in [0.05, 0.1) is 0 Å². The Bertz CT molecular complexity index is 516. The van der Waals surface area contributed by atoms with E-state index < -0.39 is 0 Å². The first-order valence-corrected chi connectivity index (χ1v) is 7.19. The van der Waals surface area contributed by atoms with Crippen molar-refractivity contribution in [3.05, 3.63) is 59.4 Å². The maximum absolute atomic E-state index is 5.95. The summed E-state index contributed by atoms with van der Waals surface area (Å²) in [6, 6.07) is 11.9. The third kappa shape index (κ3) is 5.19. The van der Waals surface area contributed by atoms with Crippen LogP contribution in [0.15, 0.2) is 48.8 Å². The number of hydrogen-bond donors (Lipinski definition) is 1. The number of nitrogens with one attached hydrogen (secondary N) is 1. The van der Waals surface area contributed by atoms with E-state index in [1.54, 1.807) is 0 Å². The quantitative estimate of drug-likeness (QED) is 0.847. The van der Waals surface area contributed by atoms with Crippen LogP contribution in [0, 0.1) is 0 Å². The lowest BCUT2D eigenvalue weighted by Crippen LogP contribution is -2.27. The number of pyridine rings is 1. The van der Waals surface area contributed by atoms with Gasteiger partial charge in [0, 0.05) is 42.7 Å². The van der Waals surface area contributed by atoms with Gasteiger partial charge in [-0.2, -0.15) is 0 Å². The fourth-order valence-electron chi connectivity index (χ4n) is 1.97. The highest BCUT2D eigenvalue weighted by atomic mass is 35.5. The van der Waals surface area contributed by atoms with Crippen molar-refractivity contribution < 1.29 is 0 Å². The van der Waals surface area contributed by atoms with Crippen LogP contribution in [0.5, 0.6) is 0 Å². The number of aromatic nitrogens is 1. The fourth-order valence-corrected chi connectivity index (χ4v) is 2.16. The molecule has 1 N–H and O–H groups in total. The van der Waals surface area contributed by atoms with E-state index in [0.29, 0.717) is 0 Å². The predicted octanol–water partition coefficient (Wildman–Crippen LogP) is 3.32. The Morgan fingerprint density at radius 1 is 1.15 bits per heavy atom. The van der Waals surface area contributed by atoms with Gasteiger partial charge in [-0.05, 0) is 49.4 Å². The smallest absolute Gasteiger partial charge is 0.0426 e. The zero-order valence-electron chi connectivity index (χ0n) is 11.7. The molecule has 1 aromatic carbocycles. The van der Waals surface area contributed by atoms with Gasteiger partial charge in [0.1, 0.15) is 0 Å². The van der Waals surface area contributed by atoms with Crippen molar-refractivity contribution in [3.8, 4) is 0 Å². The second-order valence-electron chi connectivity index (χ2n) is 4.85. The van der Waals surface area contributed by atoms with Crippen molar-refractivity contribution in [2.45, 2.75) is 6.42 Å². The molecule has 0 amide bonds. The molecule has 4 heteroatoms. The molecule has 0 saturated carbocycles. The number of rotatable bonds is 7. The molecule has 0 aliphatic carbocycles. The van der Waals surface area contributed by atoms with E-state index in [4.69, 9.17) is 11.6 Å². The maximum atomic E-state index is 5.95. The average molecular weight is 290 g/mol. The standard InChI is InChI=1S/C16H20ClN3/c1-20(11-7-14-5-8-18-9-6-14)12-10-19-16-4-2-3-15(17)13-16/h2-6,8-9,13,19H,7,10-12H2,1H3. The summed E-state index contributed by atoms with van der Waals surface area (Å²) < 4.78 is 0. The number of anilines is 1. The molecule has 0 aliphatic heterocycles. The molecule has 0 aliphatic rings. The van der Waals surface area contributed by atoms with Crippen LogP contribution in [0.25, 0.3) is 0 Å². The minimum absolute atomic E-state index is 0.765. The zero-order valence-corrected chi connectivity index (χ0v) is 12.5. The number of likely N-dealkylation sites (N-methyl/N-ethyl adjacent to an activating group) is 1. The predicted molar refractivity (Wildman–Crippen MR) is 85.4 cm³/mol. The minimum atomic E-state index is 0.765. The fraction of sp³-hybridized carbons (Fsp3) is 0.312. The van der Waals surface area contributed by atoms with Crippen LogP contribution in [0.3, 0.4) is 0 Å². The molecule has 106 valence electrons. The molecule has 2 aromatic rings. The van der Waals surface area contributed by atoms with Crippen LogP contribution < -0.4 is 5.32 Å². The largest absolute Gasteiger partial charge is 0.384 e. The van der Waals surface area contributed by atoms with Gasteiger partial charge in [-0.1, -0.05) is 17.7 Å². The summed E-state index contributed by atoms with van der Waals surface area (Å²) in [6.45, 7) is 2.95. The molecule has 20 heavy (non-hydrogen) atoms. The van der Waals surface area contributed by atoms with Gasteiger partial charge in [0.2, 0.25) is 0 Å². The van der Waals surface area contributed by atoms with E-state index in [9.17, 15) is 0 Å². The van der Waals surface area contributed by atoms with Gasteiger partial charge in [-0.15, -0.1) is 0 Å². The lowest BCUT2D eigenvalue weighted by molar-refractivity contribution is 0.351. The highest BCUT2D eigenvalue weighted by Gasteiger charge is 2.00. The first-order chi connectivity index (χ1) is 9.74. The molecule has 0 radical (unpaired) electrons. The van der Waals surface area contributed by atoms with Crippen molar-refractivity contribution in [1.29, 1.82) is 0 Å². The Hall–Kier alpha value is -1.58. The van der Waals surface area contributed by atoms with Gasteiger partial charge in [0.25, 0.3) is 0 Å². The number of hydrogen-bond acceptors (Lipinski definition) is 3. The van der Waals surface area contributed by atoms with Crippen LogP contribution in [-0.4, -0.2) is 36.6 Å². The summed E-state index contributed by atoms with van der Waals surface area (Å²) in [5.41, 5.74) is 2.40. The first kappa shape index (κ1) is 14.8. The Balaban J connectivity index is 1.66. The van der Waals surface area contributed by atoms with Crippen LogP contribution in [0.4, 0.5) is 5.69 Å². The van der Waals surface area contributed by atoms with Crippen molar-refractivity contribution in [3.63, 3.8) is 0 Å². The second kappa shape index (κ2) is 7.88. The van der Waals surface area contributed by atoms with Crippen molar-refractivity contribution in [1.82, 2.24) is 9.88 Å². The minimum Gasteiger partial charge on any atom is -0.384 e. The van der Waals surface area contributed by atoms with Gasteiger partial charge >= 0.3 is 0 Å². The highest BCUT2D eigenvalue weighted by Crippen LogP contribution is 2.14. The van der Waals surface area contributed by atoms with Crippen LogP contribution in [0.2, 0.25) is 5.02 Å². The van der Waals surface area contributed by atoms with E-state index in [2.05, 4.69) is 34.4 Å². The van der Waals surface area contributed by atoms with Crippen LogP contribution >= 0.6 is 11.6 Å². The Labute approximate surface area is 125 Å². The maximum Gasteiger partial charge on any atom is 0.0426 e. The molecule has 0 atom stereocenters. The van der Waals surface area contributed by atoms with E-state index in [1.165, 1.54) is 5.56 Å². The summed E-state index contributed by atoms with van der Waals surface area (Å²) in [6.07, 6.45) is 4.74. The molecule has 0 bridgehead atoms. The third-order valence-corrected chi connectivity index (χ3v) is 3.41.